The molecule has 0 spiro atoms. The van der Waals surface area contributed by atoms with Crippen molar-refractivity contribution in [3.8, 4) is 0 Å². The molecule has 0 aliphatic carbocycles. The van der Waals surface area contributed by atoms with E-state index in [0.717, 1.165) is 21.7 Å². The average molecular weight is 255 g/mol. The normalized spacial score (nSPS) is 15.7. The fourth-order valence-corrected chi connectivity index (χ4v) is 2.61. The quantitative estimate of drug-likeness (QED) is 0.717. The minimum Gasteiger partial charge on any atom is -0.249 e. The number of hydrogen-bond donors (Lipinski definition) is 0. The Hall–Kier alpha value is -1.87. The summed E-state index contributed by atoms with van der Waals surface area (Å²) < 4.78 is 13.3. The number of nitrogens with zero attached hydrogens (tertiary/aromatic N) is 1. The van der Waals surface area contributed by atoms with Gasteiger partial charge in [-0.2, -0.15) is 0 Å². The highest BCUT2D eigenvalue weighted by Gasteiger charge is 2.12. The molecule has 0 N–H and O–H groups in total. The van der Waals surface area contributed by atoms with Crippen molar-refractivity contribution in [1.82, 2.24) is 0 Å². The summed E-state index contributed by atoms with van der Waals surface area (Å²) in [5.41, 5.74) is 4.56. The van der Waals surface area contributed by atoms with Gasteiger partial charge in [0.2, 0.25) is 0 Å². The molecule has 2 aromatic carbocycles. The number of thioether (sulfide) groups is 1. The number of benzene rings is 2. The molecule has 18 heavy (non-hydrogen) atoms. The first-order valence-electron chi connectivity index (χ1n) is 5.59. The maximum Gasteiger partial charge on any atom is 0.124 e. The van der Waals surface area contributed by atoms with Crippen LogP contribution >= 0.6 is 11.8 Å². The Bertz CT molecular complexity index is 632. The maximum atomic E-state index is 13.3. The molecule has 1 heterocycles. The van der Waals surface area contributed by atoms with Crippen LogP contribution in [0.1, 0.15) is 11.1 Å². The van der Waals surface area contributed by atoms with E-state index in [-0.39, 0.29) is 5.82 Å². The van der Waals surface area contributed by atoms with Crippen LogP contribution in [0.5, 0.6) is 0 Å². The van der Waals surface area contributed by atoms with E-state index in [1.807, 2.05) is 36.4 Å². The highest BCUT2D eigenvalue weighted by atomic mass is 32.2. The Morgan fingerprint density at radius 2 is 1.89 bits per heavy atom. The third-order valence-corrected chi connectivity index (χ3v) is 3.50. The lowest BCUT2D eigenvalue weighted by molar-refractivity contribution is 0.627. The SMILES string of the molecule is Fc1ccc2c(c1)C(=Cc1ccccc1)SC=N2. The van der Waals surface area contributed by atoms with Crippen LogP contribution in [0, 0.1) is 5.82 Å². The van der Waals surface area contributed by atoms with Gasteiger partial charge in [0.25, 0.3) is 0 Å². The standard InChI is InChI=1S/C15H10FNS/c16-12-6-7-14-13(9-12)15(18-10-17-14)8-11-4-2-1-3-5-11/h1-10H. The van der Waals surface area contributed by atoms with Crippen LogP contribution in [0.3, 0.4) is 0 Å². The maximum absolute atomic E-state index is 13.3. The first kappa shape index (κ1) is 11.2. The molecular formula is C15H10FNS. The van der Waals surface area contributed by atoms with Crippen LogP contribution in [0.4, 0.5) is 10.1 Å². The van der Waals surface area contributed by atoms with E-state index in [2.05, 4.69) is 4.99 Å². The van der Waals surface area contributed by atoms with Gasteiger partial charge in [-0.3, -0.25) is 0 Å². The van der Waals surface area contributed by atoms with Crippen LogP contribution in [-0.2, 0) is 0 Å². The van der Waals surface area contributed by atoms with Crippen LogP contribution in [-0.4, -0.2) is 5.55 Å². The predicted octanol–water partition coefficient (Wildman–Crippen LogP) is 4.73. The van der Waals surface area contributed by atoms with E-state index >= 15 is 0 Å². The molecule has 0 aromatic heterocycles. The van der Waals surface area contributed by atoms with E-state index in [9.17, 15) is 4.39 Å². The Morgan fingerprint density at radius 1 is 1.06 bits per heavy atom. The zero-order valence-corrected chi connectivity index (χ0v) is 10.3. The van der Waals surface area contributed by atoms with Crippen LogP contribution in [0.25, 0.3) is 11.0 Å². The number of aliphatic imine (C=N–C) groups is 1. The molecule has 1 aliphatic rings. The molecule has 0 radical (unpaired) electrons. The highest BCUT2D eigenvalue weighted by Crippen LogP contribution is 2.39. The second-order valence-electron chi connectivity index (χ2n) is 3.93. The summed E-state index contributed by atoms with van der Waals surface area (Å²) in [7, 11) is 0. The average Bonchev–Trinajstić information content (AvgIpc) is 2.41. The van der Waals surface area contributed by atoms with Gasteiger partial charge in [0, 0.05) is 10.5 Å². The lowest BCUT2D eigenvalue weighted by Gasteiger charge is -2.12. The van der Waals surface area contributed by atoms with Gasteiger partial charge in [0.15, 0.2) is 0 Å². The zero-order chi connectivity index (χ0) is 12.4. The van der Waals surface area contributed by atoms with Gasteiger partial charge in [-0.1, -0.05) is 42.1 Å². The molecule has 0 unspecified atom stereocenters. The van der Waals surface area contributed by atoms with E-state index in [0.29, 0.717) is 0 Å². The summed E-state index contributed by atoms with van der Waals surface area (Å²) in [6.45, 7) is 0. The molecule has 2 aromatic rings. The number of fused-ring (bicyclic) bond motifs is 1. The van der Waals surface area contributed by atoms with Crippen molar-refractivity contribution in [2.75, 3.05) is 0 Å². The van der Waals surface area contributed by atoms with E-state index in [4.69, 9.17) is 0 Å². The van der Waals surface area contributed by atoms with Crippen molar-refractivity contribution in [2.45, 2.75) is 0 Å². The van der Waals surface area contributed by atoms with Crippen molar-refractivity contribution in [2.24, 2.45) is 4.99 Å². The Morgan fingerprint density at radius 3 is 2.72 bits per heavy atom. The Kier molecular flexibility index (Phi) is 2.99. The lowest BCUT2D eigenvalue weighted by atomic mass is 10.1. The molecule has 1 aliphatic heterocycles. The van der Waals surface area contributed by atoms with Crippen LogP contribution < -0.4 is 0 Å². The molecule has 88 valence electrons. The Balaban J connectivity index is 2.08. The molecule has 0 fully saturated rings. The lowest BCUT2D eigenvalue weighted by Crippen LogP contribution is -1.89. The van der Waals surface area contributed by atoms with E-state index in [1.54, 1.807) is 11.6 Å². The topological polar surface area (TPSA) is 12.4 Å². The molecule has 0 amide bonds. The molecule has 3 heteroatoms. The minimum atomic E-state index is -0.231. The van der Waals surface area contributed by atoms with Gasteiger partial charge < -0.3 is 0 Å². The second kappa shape index (κ2) is 4.78. The fraction of sp³-hybridized carbons (Fsp3) is 0. The van der Waals surface area contributed by atoms with Gasteiger partial charge in [-0.05, 0) is 29.8 Å². The highest BCUT2D eigenvalue weighted by molar-refractivity contribution is 8.20. The first-order chi connectivity index (χ1) is 8.83. The van der Waals surface area contributed by atoms with E-state index in [1.165, 1.54) is 23.9 Å². The van der Waals surface area contributed by atoms with E-state index < -0.39 is 0 Å². The van der Waals surface area contributed by atoms with Crippen LogP contribution in [0.2, 0.25) is 0 Å². The number of halogens is 1. The van der Waals surface area contributed by atoms with Crippen molar-refractivity contribution >= 4 is 34.0 Å². The summed E-state index contributed by atoms with van der Waals surface area (Å²) in [6, 6.07) is 14.7. The third-order valence-electron chi connectivity index (χ3n) is 2.69. The third kappa shape index (κ3) is 2.22. The number of rotatable bonds is 1. The summed E-state index contributed by atoms with van der Waals surface area (Å²) in [6.07, 6.45) is 2.05. The van der Waals surface area contributed by atoms with Crippen LogP contribution in [0.15, 0.2) is 53.5 Å². The fourth-order valence-electron chi connectivity index (χ4n) is 1.83. The minimum absolute atomic E-state index is 0.231. The summed E-state index contributed by atoms with van der Waals surface area (Å²) in [4.78, 5) is 5.28. The molecule has 0 atom stereocenters. The summed E-state index contributed by atoms with van der Waals surface area (Å²) in [5.74, 6) is -0.231. The second-order valence-corrected chi connectivity index (χ2v) is 4.82. The molecular weight excluding hydrogens is 245 g/mol. The van der Waals surface area contributed by atoms with Gasteiger partial charge >= 0.3 is 0 Å². The van der Waals surface area contributed by atoms with Gasteiger partial charge in [0.05, 0.1) is 11.2 Å². The number of hydrogen-bond acceptors (Lipinski definition) is 2. The molecule has 0 saturated heterocycles. The summed E-state index contributed by atoms with van der Waals surface area (Å²) in [5, 5.41) is 0. The van der Waals surface area contributed by atoms with Gasteiger partial charge in [-0.25, -0.2) is 9.38 Å². The summed E-state index contributed by atoms with van der Waals surface area (Å²) >= 11 is 1.51. The Labute approximate surface area is 109 Å². The van der Waals surface area contributed by atoms with Crippen molar-refractivity contribution in [1.29, 1.82) is 0 Å². The molecule has 3 rings (SSSR count). The first-order valence-corrected chi connectivity index (χ1v) is 6.47. The predicted molar refractivity (Wildman–Crippen MR) is 76.5 cm³/mol. The zero-order valence-electron chi connectivity index (χ0n) is 9.51. The van der Waals surface area contributed by atoms with Gasteiger partial charge in [0.1, 0.15) is 5.82 Å². The largest absolute Gasteiger partial charge is 0.249 e. The van der Waals surface area contributed by atoms with Crippen molar-refractivity contribution in [3.05, 3.63) is 65.5 Å². The smallest absolute Gasteiger partial charge is 0.124 e. The monoisotopic (exact) mass is 255 g/mol. The molecule has 1 nitrogen and oxygen atoms in total. The van der Waals surface area contributed by atoms with Crippen molar-refractivity contribution in [3.63, 3.8) is 0 Å². The van der Waals surface area contributed by atoms with Crippen molar-refractivity contribution < 1.29 is 4.39 Å². The van der Waals surface area contributed by atoms with Gasteiger partial charge in [-0.15, -0.1) is 0 Å². The molecule has 0 saturated carbocycles. The molecule has 0 bridgehead atoms.